The van der Waals surface area contributed by atoms with Crippen molar-refractivity contribution >= 4 is 27.5 Å². The highest BCUT2D eigenvalue weighted by Crippen LogP contribution is 2.34. The lowest BCUT2D eigenvalue weighted by Crippen LogP contribution is -2.61. The maximum atomic E-state index is 13.0. The molecule has 31 heavy (non-hydrogen) atoms. The van der Waals surface area contributed by atoms with Gasteiger partial charge >= 0.3 is 0 Å². The summed E-state index contributed by atoms with van der Waals surface area (Å²) in [6.07, 6.45) is 5.89. The molecule has 4 rings (SSSR count). The molecule has 8 nitrogen and oxygen atoms in total. The second-order valence-electron chi connectivity index (χ2n) is 9.02. The highest BCUT2D eigenvalue weighted by Gasteiger charge is 2.40. The molecule has 1 aromatic carbocycles. The molecule has 0 aromatic heterocycles. The molecule has 1 aliphatic carbocycles. The molecule has 3 fully saturated rings. The molecule has 0 radical (unpaired) electrons. The number of hydrogen-bond acceptors (Lipinski definition) is 6. The number of likely N-dealkylation sites (N-methyl/N-ethyl adjacent to an activating group) is 1. The molecule has 2 saturated heterocycles. The first-order valence-electron chi connectivity index (χ1n) is 11.2. The maximum absolute atomic E-state index is 13.0. The molecule has 0 unspecified atom stereocenters. The standard InChI is InChI=1S/C22H32N4O4S/c1-24-13-15-25(16-14-24)22(11-3-2-4-12-22)17-23-31(29,30)19-7-5-18(6-8-19)26-20(27)9-10-21(26)28/h5-8,23H,2-4,9-17H2,1H3. The van der Waals surface area contributed by atoms with Gasteiger partial charge in [0.05, 0.1) is 10.6 Å². The largest absolute Gasteiger partial charge is 0.304 e. The van der Waals surface area contributed by atoms with Crippen LogP contribution in [0.1, 0.15) is 44.9 Å². The van der Waals surface area contributed by atoms with Crippen molar-refractivity contribution in [2.24, 2.45) is 0 Å². The number of hydrogen-bond donors (Lipinski definition) is 1. The molecule has 0 spiro atoms. The zero-order chi connectivity index (χ0) is 22.1. The number of nitrogens with zero attached hydrogens (tertiary/aromatic N) is 3. The summed E-state index contributed by atoms with van der Waals surface area (Å²) in [4.78, 5) is 29.9. The van der Waals surface area contributed by atoms with E-state index in [0.717, 1.165) is 56.8 Å². The van der Waals surface area contributed by atoms with Crippen LogP contribution in [0.2, 0.25) is 0 Å². The lowest BCUT2D eigenvalue weighted by molar-refractivity contribution is -0.121. The van der Waals surface area contributed by atoms with Crippen LogP contribution in [0.5, 0.6) is 0 Å². The summed E-state index contributed by atoms with van der Waals surface area (Å²) in [6, 6.07) is 6.01. The number of sulfonamides is 1. The summed E-state index contributed by atoms with van der Waals surface area (Å²) >= 11 is 0. The molecule has 2 aliphatic heterocycles. The van der Waals surface area contributed by atoms with Crippen LogP contribution in [-0.2, 0) is 19.6 Å². The van der Waals surface area contributed by atoms with Crippen LogP contribution in [0.15, 0.2) is 29.2 Å². The van der Waals surface area contributed by atoms with Gasteiger partial charge in [0.2, 0.25) is 21.8 Å². The molecule has 0 bridgehead atoms. The Morgan fingerprint density at radius 2 is 1.48 bits per heavy atom. The van der Waals surface area contributed by atoms with Gasteiger partial charge in [-0.2, -0.15) is 0 Å². The Labute approximate surface area is 184 Å². The van der Waals surface area contributed by atoms with Crippen molar-refractivity contribution in [2.45, 2.75) is 55.4 Å². The maximum Gasteiger partial charge on any atom is 0.240 e. The van der Waals surface area contributed by atoms with E-state index in [1.807, 2.05) is 0 Å². The molecule has 2 heterocycles. The summed E-state index contributed by atoms with van der Waals surface area (Å²) in [5.41, 5.74) is 0.300. The molecule has 2 amide bonds. The van der Waals surface area contributed by atoms with Crippen LogP contribution >= 0.6 is 0 Å². The number of nitrogens with one attached hydrogen (secondary N) is 1. The number of amides is 2. The van der Waals surface area contributed by atoms with Crippen LogP contribution in [0, 0.1) is 0 Å². The first kappa shape index (κ1) is 22.4. The van der Waals surface area contributed by atoms with Gasteiger partial charge in [0.15, 0.2) is 0 Å². The number of rotatable bonds is 6. The van der Waals surface area contributed by atoms with Gasteiger partial charge in [-0.1, -0.05) is 19.3 Å². The van der Waals surface area contributed by atoms with Crippen LogP contribution in [0.3, 0.4) is 0 Å². The minimum absolute atomic E-state index is 0.124. The van der Waals surface area contributed by atoms with E-state index >= 15 is 0 Å². The first-order chi connectivity index (χ1) is 14.8. The topological polar surface area (TPSA) is 90.0 Å². The highest BCUT2D eigenvalue weighted by atomic mass is 32.2. The Morgan fingerprint density at radius 3 is 2.06 bits per heavy atom. The van der Waals surface area contributed by atoms with E-state index in [1.165, 1.54) is 30.7 Å². The fourth-order valence-corrected chi connectivity index (χ4v) is 6.17. The van der Waals surface area contributed by atoms with Crippen LogP contribution < -0.4 is 9.62 Å². The molecular formula is C22H32N4O4S. The third kappa shape index (κ3) is 4.69. The predicted molar refractivity (Wildman–Crippen MR) is 118 cm³/mol. The normalized spacial score (nSPS) is 23.5. The van der Waals surface area contributed by atoms with Gasteiger partial charge in [0.1, 0.15) is 0 Å². The van der Waals surface area contributed by atoms with Gasteiger partial charge in [0.25, 0.3) is 0 Å². The van der Waals surface area contributed by atoms with Crippen molar-refractivity contribution in [3.8, 4) is 0 Å². The third-order valence-corrected chi connectivity index (χ3v) is 8.42. The Bertz CT molecular complexity index is 901. The van der Waals surface area contributed by atoms with Gasteiger partial charge in [-0.25, -0.2) is 13.1 Å². The summed E-state index contributed by atoms with van der Waals surface area (Å²) < 4.78 is 28.9. The Kier molecular flexibility index (Phi) is 6.48. The number of piperazine rings is 1. The van der Waals surface area contributed by atoms with Crippen molar-refractivity contribution in [1.29, 1.82) is 0 Å². The number of carbonyl (C=O) groups excluding carboxylic acids is 2. The van der Waals surface area contributed by atoms with E-state index in [1.54, 1.807) is 0 Å². The van der Waals surface area contributed by atoms with Crippen molar-refractivity contribution in [2.75, 3.05) is 44.7 Å². The lowest BCUT2D eigenvalue weighted by atomic mass is 9.80. The smallest absolute Gasteiger partial charge is 0.240 e. The zero-order valence-electron chi connectivity index (χ0n) is 18.2. The molecule has 3 aliphatic rings. The van der Waals surface area contributed by atoms with Gasteiger partial charge in [-0.15, -0.1) is 0 Å². The predicted octanol–water partition coefficient (Wildman–Crippen LogP) is 1.57. The van der Waals surface area contributed by atoms with E-state index in [4.69, 9.17) is 0 Å². The molecule has 1 saturated carbocycles. The van der Waals surface area contributed by atoms with Gasteiger partial charge in [-0.05, 0) is 44.2 Å². The Hall–Kier alpha value is -1.81. The SMILES string of the molecule is CN1CCN(C2(CNS(=O)(=O)c3ccc(N4C(=O)CCC4=O)cc3)CCCCC2)CC1. The number of imide groups is 1. The van der Waals surface area contributed by atoms with Gasteiger partial charge < -0.3 is 4.90 Å². The molecule has 0 atom stereocenters. The van der Waals surface area contributed by atoms with Gasteiger partial charge in [-0.3, -0.25) is 19.4 Å². The van der Waals surface area contributed by atoms with Crippen molar-refractivity contribution in [1.82, 2.24) is 14.5 Å². The minimum atomic E-state index is -3.69. The lowest BCUT2D eigenvalue weighted by Gasteiger charge is -2.49. The van der Waals surface area contributed by atoms with Gasteiger partial charge in [0, 0.05) is 51.1 Å². The van der Waals surface area contributed by atoms with E-state index in [9.17, 15) is 18.0 Å². The molecule has 1 N–H and O–H groups in total. The Morgan fingerprint density at radius 1 is 0.903 bits per heavy atom. The molecule has 1 aromatic rings. The fourth-order valence-electron chi connectivity index (χ4n) is 5.05. The fraction of sp³-hybridized carbons (Fsp3) is 0.636. The molecule has 9 heteroatoms. The summed E-state index contributed by atoms with van der Waals surface area (Å²) in [6.45, 7) is 4.34. The van der Waals surface area contributed by atoms with E-state index in [-0.39, 0.29) is 35.1 Å². The molecule has 170 valence electrons. The average Bonchev–Trinajstić information content (AvgIpc) is 3.11. The Balaban J connectivity index is 1.47. The number of anilines is 1. The van der Waals surface area contributed by atoms with Crippen LogP contribution in [0.25, 0.3) is 0 Å². The average molecular weight is 449 g/mol. The van der Waals surface area contributed by atoms with Crippen molar-refractivity contribution < 1.29 is 18.0 Å². The summed E-state index contributed by atoms with van der Waals surface area (Å²) in [5, 5.41) is 0. The summed E-state index contributed by atoms with van der Waals surface area (Å²) in [7, 11) is -1.56. The highest BCUT2D eigenvalue weighted by molar-refractivity contribution is 7.89. The second-order valence-corrected chi connectivity index (χ2v) is 10.8. The van der Waals surface area contributed by atoms with E-state index in [2.05, 4.69) is 21.6 Å². The third-order valence-electron chi connectivity index (χ3n) is 7.01. The first-order valence-corrected chi connectivity index (χ1v) is 12.7. The number of carbonyl (C=O) groups is 2. The monoisotopic (exact) mass is 448 g/mol. The van der Waals surface area contributed by atoms with E-state index < -0.39 is 10.0 Å². The van der Waals surface area contributed by atoms with Crippen molar-refractivity contribution in [3.63, 3.8) is 0 Å². The number of benzene rings is 1. The zero-order valence-corrected chi connectivity index (χ0v) is 19.0. The quantitative estimate of drug-likeness (QED) is 0.665. The van der Waals surface area contributed by atoms with E-state index in [0.29, 0.717) is 12.2 Å². The summed E-state index contributed by atoms with van der Waals surface area (Å²) in [5.74, 6) is -0.490. The molecular weight excluding hydrogens is 416 g/mol. The van der Waals surface area contributed by atoms with Crippen LogP contribution in [-0.4, -0.2) is 75.3 Å². The van der Waals surface area contributed by atoms with Crippen molar-refractivity contribution in [3.05, 3.63) is 24.3 Å². The second kappa shape index (κ2) is 8.97. The minimum Gasteiger partial charge on any atom is -0.304 e. The van der Waals surface area contributed by atoms with Crippen LogP contribution in [0.4, 0.5) is 5.69 Å².